The number of rotatable bonds is 14. The summed E-state index contributed by atoms with van der Waals surface area (Å²) in [7, 11) is 0. The van der Waals surface area contributed by atoms with Crippen LogP contribution in [0.5, 0.6) is 0 Å². The molecular weight excluding hydrogens is 252 g/mol. The van der Waals surface area contributed by atoms with Crippen LogP contribution < -0.4 is 0 Å². The van der Waals surface area contributed by atoms with E-state index in [1.807, 2.05) is 0 Å². The van der Waals surface area contributed by atoms with Crippen LogP contribution in [0, 0.1) is 0 Å². The van der Waals surface area contributed by atoms with Crippen molar-refractivity contribution in [2.24, 2.45) is 0 Å². The minimum atomic E-state index is -0.287. The molecule has 0 aromatic heterocycles. The third-order valence-corrected chi connectivity index (χ3v) is 2.82. The first-order valence-corrected chi connectivity index (χ1v) is 7.49. The highest BCUT2D eigenvalue weighted by molar-refractivity contribution is 6.63. The van der Waals surface area contributed by atoms with Gasteiger partial charge in [-0.1, -0.05) is 32.6 Å². The molecule has 0 unspecified atom stereocenters. The molecule has 0 amide bonds. The second-order valence-corrected chi connectivity index (χ2v) is 4.87. The van der Waals surface area contributed by atoms with Gasteiger partial charge in [0.05, 0.1) is 0 Å². The maximum Gasteiger partial charge on any atom is 0.221 e. The molecule has 0 N–H and O–H groups in total. The molecule has 108 valence electrons. The van der Waals surface area contributed by atoms with Crippen molar-refractivity contribution in [2.75, 3.05) is 26.4 Å². The van der Waals surface area contributed by atoms with E-state index in [0.717, 1.165) is 19.6 Å². The highest BCUT2D eigenvalue weighted by atomic mass is 35.5. The fraction of sp³-hybridized carbons (Fsp3) is 0.929. The number of ether oxygens (including phenoxy) is 2. The quantitative estimate of drug-likeness (QED) is 0.357. The highest BCUT2D eigenvalue weighted by Crippen LogP contribution is 2.02. The lowest BCUT2D eigenvalue weighted by Gasteiger charge is -2.05. The molecule has 0 aliphatic carbocycles. The molecule has 0 fully saturated rings. The zero-order chi connectivity index (χ0) is 13.5. The average Bonchev–Trinajstić information content (AvgIpc) is 2.34. The Balaban J connectivity index is 2.92. The molecule has 0 aliphatic heterocycles. The number of hydrogen-bond acceptors (Lipinski definition) is 3. The van der Waals surface area contributed by atoms with Gasteiger partial charge in [0.15, 0.2) is 0 Å². The van der Waals surface area contributed by atoms with E-state index in [0.29, 0.717) is 26.1 Å². The molecule has 0 bridgehead atoms. The van der Waals surface area contributed by atoms with Gasteiger partial charge in [-0.15, -0.1) is 0 Å². The second-order valence-electron chi connectivity index (χ2n) is 4.45. The van der Waals surface area contributed by atoms with Gasteiger partial charge in [-0.25, -0.2) is 0 Å². The monoisotopic (exact) mass is 278 g/mol. The van der Waals surface area contributed by atoms with E-state index in [2.05, 4.69) is 6.92 Å². The second kappa shape index (κ2) is 14.9. The minimum absolute atomic E-state index is 0.287. The largest absolute Gasteiger partial charge is 0.381 e. The summed E-state index contributed by atoms with van der Waals surface area (Å²) < 4.78 is 10.9. The van der Waals surface area contributed by atoms with Crippen molar-refractivity contribution in [1.82, 2.24) is 0 Å². The predicted molar refractivity (Wildman–Crippen MR) is 75.1 cm³/mol. The van der Waals surface area contributed by atoms with Crippen LogP contribution >= 0.6 is 11.6 Å². The van der Waals surface area contributed by atoms with Crippen LogP contribution in [-0.4, -0.2) is 31.7 Å². The van der Waals surface area contributed by atoms with E-state index >= 15 is 0 Å². The molecule has 0 saturated carbocycles. The summed E-state index contributed by atoms with van der Waals surface area (Å²) in [6.07, 6.45) is 8.41. The molecule has 0 heterocycles. The van der Waals surface area contributed by atoms with Gasteiger partial charge in [0.1, 0.15) is 0 Å². The fourth-order valence-corrected chi connectivity index (χ4v) is 1.72. The molecule has 0 aromatic rings. The van der Waals surface area contributed by atoms with Gasteiger partial charge in [0.25, 0.3) is 0 Å². The summed E-state index contributed by atoms with van der Waals surface area (Å²) in [6, 6.07) is 0. The molecule has 4 heteroatoms. The highest BCUT2D eigenvalue weighted by Gasteiger charge is 1.96. The van der Waals surface area contributed by atoms with Gasteiger partial charge in [-0.2, -0.15) is 0 Å². The lowest BCUT2D eigenvalue weighted by Crippen LogP contribution is -2.03. The summed E-state index contributed by atoms with van der Waals surface area (Å²) >= 11 is 5.21. The third-order valence-electron chi connectivity index (χ3n) is 2.63. The van der Waals surface area contributed by atoms with Gasteiger partial charge >= 0.3 is 0 Å². The minimum Gasteiger partial charge on any atom is -0.381 e. The summed E-state index contributed by atoms with van der Waals surface area (Å²) in [4.78, 5) is 10.4. The average molecular weight is 279 g/mol. The van der Waals surface area contributed by atoms with E-state index in [4.69, 9.17) is 21.1 Å². The molecule has 0 saturated heterocycles. The first-order valence-electron chi connectivity index (χ1n) is 7.11. The number of hydrogen-bond donors (Lipinski definition) is 0. The zero-order valence-electron chi connectivity index (χ0n) is 11.6. The standard InChI is InChI=1S/C14H27ClO3/c1-2-3-4-5-6-10-17-12-8-13-18-11-7-9-14(15)16/h2-13H2,1H3. The van der Waals surface area contributed by atoms with Gasteiger partial charge in [0, 0.05) is 32.8 Å². The maximum atomic E-state index is 10.4. The Morgan fingerprint density at radius 1 is 0.833 bits per heavy atom. The lowest BCUT2D eigenvalue weighted by atomic mass is 10.2. The van der Waals surface area contributed by atoms with Crippen LogP contribution in [0.3, 0.4) is 0 Å². The molecule has 3 nitrogen and oxygen atoms in total. The van der Waals surface area contributed by atoms with E-state index in [-0.39, 0.29) is 5.24 Å². The maximum absolute atomic E-state index is 10.4. The Bertz CT molecular complexity index is 186. The number of carbonyl (C=O) groups excluding carboxylic acids is 1. The molecule has 0 rings (SSSR count). The fourth-order valence-electron chi connectivity index (χ4n) is 1.59. The molecule has 0 atom stereocenters. The molecule has 0 aliphatic rings. The van der Waals surface area contributed by atoms with Gasteiger partial charge in [-0.05, 0) is 30.9 Å². The summed E-state index contributed by atoms with van der Waals surface area (Å²) in [5.41, 5.74) is 0. The first-order chi connectivity index (χ1) is 8.77. The van der Waals surface area contributed by atoms with E-state index in [1.165, 1.54) is 32.1 Å². The molecule has 0 spiro atoms. The number of halogens is 1. The Morgan fingerprint density at radius 2 is 1.39 bits per heavy atom. The van der Waals surface area contributed by atoms with Crippen LogP contribution in [-0.2, 0) is 14.3 Å². The van der Waals surface area contributed by atoms with Crippen molar-refractivity contribution in [3.05, 3.63) is 0 Å². The predicted octanol–water partition coefficient (Wildman–Crippen LogP) is 3.93. The van der Waals surface area contributed by atoms with Gasteiger partial charge < -0.3 is 9.47 Å². The van der Waals surface area contributed by atoms with Crippen molar-refractivity contribution in [3.8, 4) is 0 Å². The lowest BCUT2D eigenvalue weighted by molar-refractivity contribution is -0.112. The summed E-state index contributed by atoms with van der Waals surface area (Å²) in [5, 5.41) is -0.287. The van der Waals surface area contributed by atoms with E-state index in [1.54, 1.807) is 0 Å². The topological polar surface area (TPSA) is 35.5 Å². The van der Waals surface area contributed by atoms with Crippen molar-refractivity contribution in [3.63, 3.8) is 0 Å². The van der Waals surface area contributed by atoms with E-state index < -0.39 is 0 Å². The Labute approximate surface area is 116 Å². The summed E-state index contributed by atoms with van der Waals surface area (Å²) in [6.45, 7) is 5.16. The summed E-state index contributed by atoms with van der Waals surface area (Å²) in [5.74, 6) is 0. The van der Waals surface area contributed by atoms with Crippen LogP contribution in [0.4, 0.5) is 0 Å². The Morgan fingerprint density at radius 3 is 2.00 bits per heavy atom. The molecule has 18 heavy (non-hydrogen) atoms. The smallest absolute Gasteiger partial charge is 0.221 e. The number of carbonyl (C=O) groups is 1. The molecule has 0 aromatic carbocycles. The van der Waals surface area contributed by atoms with Crippen LogP contribution in [0.1, 0.15) is 58.3 Å². The first kappa shape index (κ1) is 17.9. The van der Waals surface area contributed by atoms with Crippen molar-refractivity contribution in [2.45, 2.75) is 58.3 Å². The molecular formula is C14H27ClO3. The van der Waals surface area contributed by atoms with Crippen molar-refractivity contribution < 1.29 is 14.3 Å². The van der Waals surface area contributed by atoms with Crippen molar-refractivity contribution in [1.29, 1.82) is 0 Å². The van der Waals surface area contributed by atoms with E-state index in [9.17, 15) is 4.79 Å². The van der Waals surface area contributed by atoms with Crippen molar-refractivity contribution >= 4 is 16.8 Å². The number of unbranched alkanes of at least 4 members (excludes halogenated alkanes) is 4. The van der Waals surface area contributed by atoms with Crippen LogP contribution in [0.2, 0.25) is 0 Å². The van der Waals surface area contributed by atoms with Gasteiger partial charge in [-0.3, -0.25) is 4.79 Å². The Hall–Kier alpha value is -0.120. The zero-order valence-corrected chi connectivity index (χ0v) is 12.3. The normalized spacial score (nSPS) is 10.8. The molecule has 0 radical (unpaired) electrons. The van der Waals surface area contributed by atoms with Gasteiger partial charge in [0.2, 0.25) is 5.24 Å². The van der Waals surface area contributed by atoms with Crippen LogP contribution in [0.15, 0.2) is 0 Å². The SMILES string of the molecule is CCCCCCCOCCCOCCCC(=O)Cl. The van der Waals surface area contributed by atoms with Crippen LogP contribution in [0.25, 0.3) is 0 Å². The third kappa shape index (κ3) is 15.9. The Kier molecular flexibility index (Phi) is 14.8.